The summed E-state index contributed by atoms with van der Waals surface area (Å²) in [4.78, 5) is 22.5. The number of methoxy groups -OCH3 is 1. The molecule has 0 fully saturated rings. The molecule has 0 radical (unpaired) electrons. The van der Waals surface area contributed by atoms with Crippen LogP contribution in [0.5, 0.6) is 0 Å². The summed E-state index contributed by atoms with van der Waals surface area (Å²) < 4.78 is 48.6. The zero-order chi connectivity index (χ0) is 18.9. The SMILES string of the molecule is COCCNC(=O)COC(=O)CCNS(=O)(=O)c1ccc(F)c(Cl)c1. The molecule has 0 atom stereocenters. The van der Waals surface area contributed by atoms with Crippen LogP contribution in [0.15, 0.2) is 23.1 Å². The van der Waals surface area contributed by atoms with Crippen LogP contribution in [-0.2, 0) is 29.1 Å². The molecule has 8 nitrogen and oxygen atoms in total. The van der Waals surface area contributed by atoms with Crippen LogP contribution in [0.3, 0.4) is 0 Å². The van der Waals surface area contributed by atoms with Crippen LogP contribution < -0.4 is 10.0 Å². The largest absolute Gasteiger partial charge is 0.456 e. The lowest BCUT2D eigenvalue weighted by atomic mass is 10.3. The normalized spacial score (nSPS) is 11.2. The standard InChI is InChI=1S/C14H18ClFN2O6S/c1-23-7-6-17-13(19)9-24-14(20)4-5-18-25(21,22)10-2-3-12(16)11(15)8-10/h2-3,8,18H,4-7,9H2,1H3,(H,17,19). The predicted molar refractivity (Wildman–Crippen MR) is 87.1 cm³/mol. The van der Waals surface area contributed by atoms with E-state index in [1.165, 1.54) is 7.11 Å². The quantitative estimate of drug-likeness (QED) is 0.439. The van der Waals surface area contributed by atoms with Gasteiger partial charge in [0.25, 0.3) is 5.91 Å². The first-order valence-corrected chi connectivity index (χ1v) is 8.98. The van der Waals surface area contributed by atoms with Crippen LogP contribution in [0, 0.1) is 5.82 Å². The van der Waals surface area contributed by atoms with Gasteiger partial charge in [-0.25, -0.2) is 17.5 Å². The molecule has 0 aromatic heterocycles. The van der Waals surface area contributed by atoms with Crippen LogP contribution >= 0.6 is 11.6 Å². The lowest BCUT2D eigenvalue weighted by Crippen LogP contribution is -2.32. The van der Waals surface area contributed by atoms with Gasteiger partial charge in [0.15, 0.2) is 6.61 Å². The van der Waals surface area contributed by atoms with E-state index in [0.717, 1.165) is 18.2 Å². The number of amides is 1. The number of carbonyl (C=O) groups excluding carboxylic acids is 2. The third-order valence-corrected chi connectivity index (χ3v) is 4.56. The summed E-state index contributed by atoms with van der Waals surface area (Å²) in [5, 5.41) is 2.12. The molecule has 0 saturated carbocycles. The van der Waals surface area contributed by atoms with Crippen molar-refractivity contribution in [3.05, 3.63) is 29.0 Å². The molecule has 0 spiro atoms. The minimum atomic E-state index is -3.94. The van der Waals surface area contributed by atoms with Crippen molar-refractivity contribution in [3.8, 4) is 0 Å². The van der Waals surface area contributed by atoms with Gasteiger partial charge in [0.05, 0.1) is 22.9 Å². The Hall–Kier alpha value is -1.75. The van der Waals surface area contributed by atoms with Crippen LogP contribution in [0.4, 0.5) is 4.39 Å². The summed E-state index contributed by atoms with van der Waals surface area (Å²) >= 11 is 5.53. The number of esters is 1. The number of ether oxygens (including phenoxy) is 2. The molecule has 11 heteroatoms. The third kappa shape index (κ3) is 7.78. The second-order valence-electron chi connectivity index (χ2n) is 4.73. The van der Waals surface area contributed by atoms with E-state index in [0.29, 0.717) is 6.61 Å². The maximum absolute atomic E-state index is 13.0. The Kier molecular flexibility index (Phi) is 8.76. The second-order valence-corrected chi connectivity index (χ2v) is 6.90. The average molecular weight is 397 g/mol. The Labute approximate surface area is 149 Å². The minimum absolute atomic E-state index is 0.232. The predicted octanol–water partition coefficient (Wildman–Crippen LogP) is 0.453. The highest BCUT2D eigenvalue weighted by molar-refractivity contribution is 7.89. The number of sulfonamides is 1. The minimum Gasteiger partial charge on any atom is -0.456 e. The zero-order valence-electron chi connectivity index (χ0n) is 13.4. The molecular formula is C14H18ClFN2O6S. The van der Waals surface area contributed by atoms with Gasteiger partial charge in [0.1, 0.15) is 5.82 Å². The molecule has 0 bridgehead atoms. The Balaban J connectivity index is 2.36. The molecule has 0 aliphatic carbocycles. The lowest BCUT2D eigenvalue weighted by Gasteiger charge is -2.08. The summed E-state index contributed by atoms with van der Waals surface area (Å²) in [6.07, 6.45) is -0.278. The second kappa shape index (κ2) is 10.3. The molecule has 1 rings (SSSR count). The first-order chi connectivity index (χ1) is 11.8. The number of benzene rings is 1. The van der Waals surface area contributed by atoms with Crippen molar-refractivity contribution in [2.24, 2.45) is 0 Å². The van der Waals surface area contributed by atoms with Crippen LogP contribution in [0.2, 0.25) is 5.02 Å². The topological polar surface area (TPSA) is 111 Å². The lowest BCUT2D eigenvalue weighted by molar-refractivity contribution is -0.148. The van der Waals surface area contributed by atoms with Gasteiger partial charge in [-0.15, -0.1) is 0 Å². The van der Waals surface area contributed by atoms with Crippen molar-refractivity contribution >= 4 is 33.5 Å². The van der Waals surface area contributed by atoms with Crippen molar-refractivity contribution in [2.75, 3.05) is 33.4 Å². The average Bonchev–Trinajstić information content (AvgIpc) is 2.55. The third-order valence-electron chi connectivity index (χ3n) is 2.82. The first kappa shape index (κ1) is 21.3. The monoisotopic (exact) mass is 396 g/mol. The van der Waals surface area contributed by atoms with E-state index in [9.17, 15) is 22.4 Å². The van der Waals surface area contributed by atoms with Crippen molar-refractivity contribution in [2.45, 2.75) is 11.3 Å². The van der Waals surface area contributed by atoms with Gasteiger partial charge >= 0.3 is 5.97 Å². The molecule has 2 N–H and O–H groups in total. The first-order valence-electron chi connectivity index (χ1n) is 7.12. The highest BCUT2D eigenvalue weighted by atomic mass is 35.5. The molecule has 1 aromatic rings. The van der Waals surface area contributed by atoms with Gasteiger partial charge < -0.3 is 14.8 Å². The number of hydrogen-bond acceptors (Lipinski definition) is 6. The van der Waals surface area contributed by atoms with Crippen molar-refractivity contribution < 1.29 is 31.9 Å². The van der Waals surface area contributed by atoms with Gasteiger partial charge in [0.2, 0.25) is 10.0 Å². The smallest absolute Gasteiger partial charge is 0.307 e. The Morgan fingerprint density at radius 2 is 2.00 bits per heavy atom. The summed E-state index contributed by atoms with van der Waals surface area (Å²) in [6, 6.07) is 2.93. The number of nitrogens with one attached hydrogen (secondary N) is 2. The molecule has 0 aliphatic heterocycles. The van der Waals surface area contributed by atoms with Gasteiger partial charge in [-0.1, -0.05) is 11.6 Å². The number of hydrogen-bond donors (Lipinski definition) is 2. The summed E-state index contributed by atoms with van der Waals surface area (Å²) in [7, 11) is -2.46. The van der Waals surface area contributed by atoms with Crippen LogP contribution in [0.1, 0.15) is 6.42 Å². The number of carbonyl (C=O) groups is 2. The Morgan fingerprint density at radius 1 is 1.28 bits per heavy atom. The fourth-order valence-corrected chi connectivity index (χ4v) is 2.88. The molecule has 0 saturated heterocycles. The van der Waals surface area contributed by atoms with E-state index < -0.39 is 34.3 Å². The highest BCUT2D eigenvalue weighted by Crippen LogP contribution is 2.19. The Bertz CT molecular complexity index is 713. The number of halogens is 2. The van der Waals surface area contributed by atoms with E-state index in [2.05, 4.69) is 10.0 Å². The molecule has 140 valence electrons. The fraction of sp³-hybridized carbons (Fsp3) is 0.429. The maximum atomic E-state index is 13.0. The molecule has 25 heavy (non-hydrogen) atoms. The van der Waals surface area contributed by atoms with E-state index in [1.54, 1.807) is 0 Å². The van der Waals surface area contributed by atoms with E-state index in [1.807, 2.05) is 0 Å². The van der Waals surface area contributed by atoms with Gasteiger partial charge in [-0.3, -0.25) is 9.59 Å². The molecule has 1 amide bonds. The van der Waals surface area contributed by atoms with Gasteiger partial charge in [-0.05, 0) is 18.2 Å². The van der Waals surface area contributed by atoms with E-state index in [-0.39, 0.29) is 29.4 Å². The van der Waals surface area contributed by atoms with Gasteiger partial charge in [0, 0.05) is 20.2 Å². The fourth-order valence-electron chi connectivity index (χ4n) is 1.58. The Morgan fingerprint density at radius 3 is 2.64 bits per heavy atom. The summed E-state index contributed by atoms with van der Waals surface area (Å²) in [5.41, 5.74) is 0. The van der Waals surface area contributed by atoms with Crippen molar-refractivity contribution in [3.63, 3.8) is 0 Å². The number of rotatable bonds is 10. The van der Waals surface area contributed by atoms with Crippen molar-refractivity contribution in [1.29, 1.82) is 0 Å². The maximum Gasteiger partial charge on any atom is 0.307 e. The zero-order valence-corrected chi connectivity index (χ0v) is 15.0. The van der Waals surface area contributed by atoms with E-state index >= 15 is 0 Å². The van der Waals surface area contributed by atoms with Crippen molar-refractivity contribution in [1.82, 2.24) is 10.0 Å². The van der Waals surface area contributed by atoms with E-state index in [4.69, 9.17) is 21.1 Å². The summed E-state index contributed by atoms with van der Waals surface area (Å²) in [6.45, 7) is -0.105. The van der Waals surface area contributed by atoms with Crippen LogP contribution in [0.25, 0.3) is 0 Å². The molecule has 0 aliphatic rings. The molecule has 0 unspecified atom stereocenters. The molecule has 1 aromatic carbocycles. The summed E-state index contributed by atoms with van der Waals surface area (Å²) in [5.74, 6) is -1.98. The molecule has 0 heterocycles. The van der Waals surface area contributed by atoms with Gasteiger partial charge in [-0.2, -0.15) is 0 Å². The molecular weight excluding hydrogens is 379 g/mol. The highest BCUT2D eigenvalue weighted by Gasteiger charge is 2.16. The van der Waals surface area contributed by atoms with Crippen LogP contribution in [-0.4, -0.2) is 53.7 Å².